The van der Waals surface area contributed by atoms with Crippen LogP contribution in [0.2, 0.25) is 0 Å². The van der Waals surface area contributed by atoms with Crippen molar-refractivity contribution < 1.29 is 19.4 Å². The van der Waals surface area contributed by atoms with Crippen molar-refractivity contribution in [3.05, 3.63) is 35.9 Å². The molecular formula is C13H16O4. The summed E-state index contributed by atoms with van der Waals surface area (Å²) < 4.78 is 5.02. The maximum Gasteiger partial charge on any atom is 0.345 e. The van der Waals surface area contributed by atoms with Gasteiger partial charge in [-0.15, -0.1) is 0 Å². The van der Waals surface area contributed by atoms with E-state index in [-0.39, 0.29) is 0 Å². The van der Waals surface area contributed by atoms with E-state index in [1.54, 1.807) is 51.1 Å². The summed E-state index contributed by atoms with van der Waals surface area (Å²) in [4.78, 5) is 22.8. The molecule has 4 heteroatoms. The van der Waals surface area contributed by atoms with E-state index in [2.05, 4.69) is 0 Å². The summed E-state index contributed by atoms with van der Waals surface area (Å²) in [5.41, 5.74) is -0.293. The lowest BCUT2D eigenvalue weighted by Gasteiger charge is -2.26. The van der Waals surface area contributed by atoms with Gasteiger partial charge in [0.05, 0.1) is 5.56 Å². The normalized spacial score (nSPS) is 12.9. The first kappa shape index (κ1) is 13.2. The van der Waals surface area contributed by atoms with E-state index in [0.717, 1.165) is 0 Å². The van der Waals surface area contributed by atoms with Gasteiger partial charge in [0.2, 0.25) is 6.10 Å². The van der Waals surface area contributed by atoms with Crippen molar-refractivity contribution in [3.8, 4) is 0 Å². The first-order chi connectivity index (χ1) is 7.82. The van der Waals surface area contributed by atoms with E-state index in [9.17, 15) is 9.59 Å². The van der Waals surface area contributed by atoms with Crippen LogP contribution in [0.15, 0.2) is 30.3 Å². The number of carbonyl (C=O) groups is 2. The Morgan fingerprint density at radius 3 is 2.12 bits per heavy atom. The summed E-state index contributed by atoms with van der Waals surface area (Å²) in [6.45, 7) is 5.14. The van der Waals surface area contributed by atoms with E-state index in [1.165, 1.54) is 0 Å². The van der Waals surface area contributed by atoms with Crippen LogP contribution < -0.4 is 0 Å². The van der Waals surface area contributed by atoms with Crippen LogP contribution in [0.5, 0.6) is 0 Å². The minimum atomic E-state index is -1.16. The van der Waals surface area contributed by atoms with Gasteiger partial charge >= 0.3 is 11.9 Å². The van der Waals surface area contributed by atoms with E-state index in [4.69, 9.17) is 9.84 Å². The second-order valence-corrected chi connectivity index (χ2v) is 4.86. The largest absolute Gasteiger partial charge is 0.478 e. The highest BCUT2D eigenvalue weighted by Gasteiger charge is 2.35. The molecule has 0 aliphatic carbocycles. The molecule has 0 bridgehead atoms. The minimum Gasteiger partial charge on any atom is -0.478 e. The number of carboxylic acids is 1. The average molecular weight is 236 g/mol. The third kappa shape index (κ3) is 3.59. The van der Waals surface area contributed by atoms with Gasteiger partial charge in [-0.1, -0.05) is 39.0 Å². The van der Waals surface area contributed by atoms with Gasteiger partial charge in [-0.05, 0) is 12.1 Å². The van der Waals surface area contributed by atoms with Gasteiger partial charge in [-0.25, -0.2) is 9.59 Å². The van der Waals surface area contributed by atoms with Crippen LogP contribution in [-0.4, -0.2) is 23.1 Å². The lowest BCUT2D eigenvalue weighted by molar-refractivity contribution is -0.153. The maximum atomic E-state index is 11.7. The van der Waals surface area contributed by atoms with Crippen molar-refractivity contribution in [1.82, 2.24) is 0 Å². The van der Waals surface area contributed by atoms with Crippen LogP contribution >= 0.6 is 0 Å². The highest BCUT2D eigenvalue weighted by atomic mass is 16.6. The van der Waals surface area contributed by atoms with Crippen LogP contribution in [0.1, 0.15) is 31.1 Å². The molecular weight excluding hydrogens is 220 g/mol. The third-order valence-corrected chi connectivity index (χ3v) is 2.25. The van der Waals surface area contributed by atoms with Gasteiger partial charge in [0.15, 0.2) is 0 Å². The Kier molecular flexibility index (Phi) is 3.89. The zero-order valence-corrected chi connectivity index (χ0v) is 10.1. The predicted octanol–water partition coefficient (Wildman–Crippen LogP) is 2.34. The molecule has 4 nitrogen and oxygen atoms in total. The Hall–Kier alpha value is -1.84. The molecule has 0 fully saturated rings. The molecule has 1 rings (SSSR count). The van der Waals surface area contributed by atoms with Gasteiger partial charge < -0.3 is 9.84 Å². The van der Waals surface area contributed by atoms with Crippen LogP contribution in [-0.2, 0) is 9.53 Å². The van der Waals surface area contributed by atoms with Crippen LogP contribution in [0.25, 0.3) is 0 Å². The molecule has 1 atom stereocenters. The molecule has 0 aromatic heterocycles. The standard InChI is InChI=1S/C13H16O4/c1-13(2,3)10(11(14)15)17-12(16)9-7-5-4-6-8-9/h4-8,10H,1-3H3,(H,14,15)/t10-/m0/s1. The van der Waals surface area contributed by atoms with Crippen LogP contribution in [0.4, 0.5) is 0 Å². The number of carbonyl (C=O) groups excluding carboxylic acids is 1. The number of rotatable bonds is 3. The second-order valence-electron chi connectivity index (χ2n) is 4.86. The van der Waals surface area contributed by atoms with Crippen molar-refractivity contribution in [2.75, 3.05) is 0 Å². The zero-order chi connectivity index (χ0) is 13.1. The molecule has 92 valence electrons. The number of hydrogen-bond acceptors (Lipinski definition) is 3. The zero-order valence-electron chi connectivity index (χ0n) is 10.1. The quantitative estimate of drug-likeness (QED) is 0.818. The first-order valence-corrected chi connectivity index (χ1v) is 5.31. The van der Waals surface area contributed by atoms with E-state index in [0.29, 0.717) is 5.56 Å². The number of benzene rings is 1. The lowest BCUT2D eigenvalue weighted by Crippen LogP contribution is -2.38. The molecule has 0 unspecified atom stereocenters. The Bertz CT molecular complexity index is 403. The smallest absolute Gasteiger partial charge is 0.345 e. The molecule has 1 aromatic rings. The topological polar surface area (TPSA) is 63.6 Å². The lowest BCUT2D eigenvalue weighted by atomic mass is 9.89. The molecule has 0 spiro atoms. The number of hydrogen-bond donors (Lipinski definition) is 1. The second kappa shape index (κ2) is 4.99. The Labute approximate surface area is 100 Å². The molecule has 0 aliphatic rings. The van der Waals surface area contributed by atoms with Crippen LogP contribution in [0, 0.1) is 5.41 Å². The van der Waals surface area contributed by atoms with Gasteiger partial charge in [0.1, 0.15) is 0 Å². The Morgan fingerprint density at radius 1 is 1.18 bits per heavy atom. The van der Waals surface area contributed by atoms with Gasteiger partial charge in [-0.3, -0.25) is 0 Å². The molecule has 17 heavy (non-hydrogen) atoms. The number of carboxylic acid groups (broad SMARTS) is 1. The van der Waals surface area contributed by atoms with Crippen molar-refractivity contribution >= 4 is 11.9 Å². The molecule has 0 heterocycles. The first-order valence-electron chi connectivity index (χ1n) is 5.31. The molecule has 0 amide bonds. The molecule has 0 radical (unpaired) electrons. The molecule has 0 saturated heterocycles. The molecule has 1 N–H and O–H groups in total. The summed E-state index contributed by atoms with van der Waals surface area (Å²) in [5, 5.41) is 9.03. The Morgan fingerprint density at radius 2 is 1.71 bits per heavy atom. The van der Waals surface area contributed by atoms with Crippen molar-refractivity contribution in [1.29, 1.82) is 0 Å². The summed E-state index contributed by atoms with van der Waals surface area (Å²) in [6, 6.07) is 8.34. The summed E-state index contributed by atoms with van der Waals surface area (Å²) in [5.74, 6) is -1.75. The molecule has 1 aromatic carbocycles. The summed E-state index contributed by atoms with van der Waals surface area (Å²) >= 11 is 0. The average Bonchev–Trinajstić information content (AvgIpc) is 2.24. The third-order valence-electron chi connectivity index (χ3n) is 2.25. The van der Waals surface area contributed by atoms with Crippen molar-refractivity contribution in [2.45, 2.75) is 26.9 Å². The SMILES string of the molecule is CC(C)(C)[C@@H](OC(=O)c1ccccc1)C(=O)O. The fourth-order valence-corrected chi connectivity index (χ4v) is 1.35. The Balaban J connectivity index is 2.83. The van der Waals surface area contributed by atoms with Crippen molar-refractivity contribution in [2.24, 2.45) is 5.41 Å². The summed E-state index contributed by atoms with van der Waals surface area (Å²) in [6.07, 6.45) is -1.16. The predicted molar refractivity (Wildman–Crippen MR) is 62.7 cm³/mol. The maximum absolute atomic E-state index is 11.7. The van der Waals surface area contributed by atoms with Gasteiger partial charge in [0.25, 0.3) is 0 Å². The van der Waals surface area contributed by atoms with E-state index in [1.807, 2.05) is 0 Å². The highest BCUT2D eigenvalue weighted by molar-refractivity contribution is 5.91. The molecule has 0 saturated carbocycles. The van der Waals surface area contributed by atoms with Crippen LogP contribution in [0.3, 0.4) is 0 Å². The minimum absolute atomic E-state index is 0.350. The monoisotopic (exact) mass is 236 g/mol. The summed E-state index contributed by atoms with van der Waals surface area (Å²) in [7, 11) is 0. The molecule has 0 aliphatic heterocycles. The van der Waals surface area contributed by atoms with Gasteiger partial charge in [0, 0.05) is 5.41 Å². The number of ether oxygens (including phenoxy) is 1. The number of esters is 1. The fourth-order valence-electron chi connectivity index (χ4n) is 1.35. The number of aliphatic carboxylic acids is 1. The highest BCUT2D eigenvalue weighted by Crippen LogP contribution is 2.23. The fraction of sp³-hybridized carbons (Fsp3) is 0.385. The van der Waals surface area contributed by atoms with Gasteiger partial charge in [-0.2, -0.15) is 0 Å². The van der Waals surface area contributed by atoms with Crippen molar-refractivity contribution in [3.63, 3.8) is 0 Å². The van der Waals surface area contributed by atoms with E-state index >= 15 is 0 Å². The van der Waals surface area contributed by atoms with E-state index < -0.39 is 23.5 Å².